The quantitative estimate of drug-likeness (QED) is 0.682. The number of aliphatic hydroxyl groups is 1. The second-order valence-corrected chi connectivity index (χ2v) is 8.21. The Kier molecular flexibility index (Phi) is 5.79. The van der Waals surface area contributed by atoms with Crippen LogP contribution in [0.2, 0.25) is 5.02 Å². The highest BCUT2D eigenvalue weighted by Crippen LogP contribution is 2.34. The Bertz CT molecular complexity index is 1090. The lowest BCUT2D eigenvalue weighted by molar-refractivity contribution is -0.175. The molecule has 1 fully saturated rings. The van der Waals surface area contributed by atoms with Crippen molar-refractivity contribution in [1.82, 2.24) is 5.32 Å². The number of alkyl carbamates (subject to hydrolysis) is 1. The molecule has 0 unspecified atom stereocenters. The smallest absolute Gasteiger partial charge is 0.407 e. The number of ether oxygens (including phenoxy) is 1. The van der Waals surface area contributed by atoms with Crippen molar-refractivity contribution in [3.8, 4) is 0 Å². The van der Waals surface area contributed by atoms with Crippen LogP contribution in [-0.4, -0.2) is 42.4 Å². The second kappa shape index (κ2) is 8.40. The van der Waals surface area contributed by atoms with Gasteiger partial charge in [0.15, 0.2) is 0 Å². The molecule has 3 amide bonds. The topological polar surface area (TPSA) is 99.2 Å². The van der Waals surface area contributed by atoms with E-state index in [4.69, 9.17) is 16.3 Å². The van der Waals surface area contributed by atoms with Crippen LogP contribution in [0.25, 0.3) is 0 Å². The summed E-state index contributed by atoms with van der Waals surface area (Å²) in [5.74, 6) is -3.60. The molecule has 1 saturated heterocycles. The fourth-order valence-electron chi connectivity index (χ4n) is 3.91. The van der Waals surface area contributed by atoms with E-state index in [2.05, 4.69) is 5.32 Å². The SMILES string of the molecule is CN1C(=O)CCc2cc(N3CC[C@](O)(OC(=O)NCc4cc(F)cc(Cl)c4)C3=O)ccc21. The number of nitrogens with zero attached hydrogens (tertiary/aromatic N) is 2. The number of benzene rings is 2. The Morgan fingerprint density at radius 1 is 1.25 bits per heavy atom. The average molecular weight is 462 g/mol. The van der Waals surface area contributed by atoms with Crippen molar-refractivity contribution in [2.75, 3.05) is 23.4 Å². The third-order valence-electron chi connectivity index (χ3n) is 5.59. The number of carbonyl (C=O) groups is 3. The molecule has 10 heteroatoms. The number of rotatable bonds is 4. The van der Waals surface area contributed by atoms with Gasteiger partial charge in [-0.1, -0.05) is 11.6 Å². The fourth-order valence-corrected chi connectivity index (χ4v) is 4.16. The van der Waals surface area contributed by atoms with E-state index >= 15 is 0 Å². The molecular weight excluding hydrogens is 441 g/mol. The summed E-state index contributed by atoms with van der Waals surface area (Å²) < 4.78 is 18.4. The van der Waals surface area contributed by atoms with E-state index in [0.717, 1.165) is 17.3 Å². The normalized spacial score (nSPS) is 20.4. The summed E-state index contributed by atoms with van der Waals surface area (Å²) in [6.07, 6.45) is -0.194. The summed E-state index contributed by atoms with van der Waals surface area (Å²) in [5, 5.41) is 13.2. The maximum Gasteiger partial charge on any atom is 0.410 e. The van der Waals surface area contributed by atoms with Crippen LogP contribution in [0.1, 0.15) is 24.0 Å². The number of anilines is 2. The van der Waals surface area contributed by atoms with Gasteiger partial charge in [0, 0.05) is 49.4 Å². The number of hydrogen-bond donors (Lipinski definition) is 2. The Hall–Kier alpha value is -3.17. The van der Waals surface area contributed by atoms with Gasteiger partial charge in [-0.15, -0.1) is 0 Å². The first-order valence-electron chi connectivity index (χ1n) is 10.0. The molecule has 0 bridgehead atoms. The van der Waals surface area contributed by atoms with Gasteiger partial charge in [-0.3, -0.25) is 9.59 Å². The highest BCUT2D eigenvalue weighted by molar-refractivity contribution is 6.30. The van der Waals surface area contributed by atoms with Crippen LogP contribution in [0.15, 0.2) is 36.4 Å². The van der Waals surface area contributed by atoms with Crippen molar-refractivity contribution in [2.24, 2.45) is 0 Å². The summed E-state index contributed by atoms with van der Waals surface area (Å²) >= 11 is 5.78. The number of fused-ring (bicyclic) bond motifs is 1. The van der Waals surface area contributed by atoms with Crippen molar-refractivity contribution in [1.29, 1.82) is 0 Å². The van der Waals surface area contributed by atoms with Crippen molar-refractivity contribution < 1.29 is 28.6 Å². The zero-order valence-corrected chi connectivity index (χ0v) is 18.0. The zero-order chi connectivity index (χ0) is 23.0. The van der Waals surface area contributed by atoms with Gasteiger partial charge >= 0.3 is 6.09 Å². The molecule has 2 aliphatic heterocycles. The minimum absolute atomic E-state index is 0.0248. The van der Waals surface area contributed by atoms with Crippen LogP contribution in [-0.2, 0) is 27.3 Å². The average Bonchev–Trinajstić information content (AvgIpc) is 3.02. The molecule has 2 aromatic carbocycles. The molecule has 8 nitrogen and oxygen atoms in total. The molecule has 0 spiro atoms. The van der Waals surface area contributed by atoms with E-state index in [1.165, 1.54) is 17.0 Å². The first-order chi connectivity index (χ1) is 15.2. The number of hydrogen-bond acceptors (Lipinski definition) is 5. The van der Waals surface area contributed by atoms with Gasteiger partial charge in [0.2, 0.25) is 5.91 Å². The van der Waals surface area contributed by atoms with E-state index < -0.39 is 23.6 Å². The molecule has 0 saturated carbocycles. The van der Waals surface area contributed by atoms with E-state index in [0.29, 0.717) is 24.1 Å². The summed E-state index contributed by atoms with van der Waals surface area (Å²) in [7, 11) is 1.70. The van der Waals surface area contributed by atoms with Gasteiger partial charge in [0.1, 0.15) is 5.82 Å². The zero-order valence-electron chi connectivity index (χ0n) is 17.2. The second-order valence-electron chi connectivity index (χ2n) is 7.78. The molecular formula is C22H21ClFN3O5. The van der Waals surface area contributed by atoms with Crippen LogP contribution in [0.3, 0.4) is 0 Å². The minimum atomic E-state index is -2.31. The lowest BCUT2D eigenvalue weighted by Gasteiger charge is -2.28. The summed E-state index contributed by atoms with van der Waals surface area (Å²) in [5.41, 5.74) is 2.64. The van der Waals surface area contributed by atoms with Gasteiger partial charge in [-0.05, 0) is 53.9 Å². The van der Waals surface area contributed by atoms with E-state index in [9.17, 15) is 23.9 Å². The molecule has 32 heavy (non-hydrogen) atoms. The summed E-state index contributed by atoms with van der Waals surface area (Å²) in [6.45, 7) is 0.0526. The van der Waals surface area contributed by atoms with Gasteiger partial charge in [0.05, 0.1) is 0 Å². The van der Waals surface area contributed by atoms with Crippen molar-refractivity contribution in [3.63, 3.8) is 0 Å². The van der Waals surface area contributed by atoms with Gasteiger partial charge in [-0.2, -0.15) is 0 Å². The standard InChI is InChI=1S/C22H21ClFN3O5/c1-26-18-4-3-17(10-14(18)2-5-19(26)28)27-7-6-22(31,20(27)29)32-21(30)25-12-13-8-15(23)11-16(24)9-13/h3-4,8-11,31H,2,5-7,12H2,1H3,(H,25,30)/t22-/m0/s1. The van der Waals surface area contributed by atoms with E-state index in [1.807, 2.05) is 0 Å². The number of carbonyl (C=O) groups excluding carboxylic acids is 3. The third kappa shape index (κ3) is 4.26. The first-order valence-corrected chi connectivity index (χ1v) is 10.4. The Morgan fingerprint density at radius 2 is 2.03 bits per heavy atom. The van der Waals surface area contributed by atoms with E-state index in [1.54, 1.807) is 30.1 Å². The predicted octanol–water partition coefficient (Wildman–Crippen LogP) is 2.74. The van der Waals surface area contributed by atoms with Crippen molar-refractivity contribution >= 4 is 40.9 Å². The highest BCUT2D eigenvalue weighted by Gasteiger charge is 2.49. The largest absolute Gasteiger partial charge is 0.410 e. The Balaban J connectivity index is 1.42. The number of amides is 3. The Labute approximate surface area is 188 Å². The molecule has 168 valence electrons. The van der Waals surface area contributed by atoms with Crippen molar-refractivity contribution in [2.45, 2.75) is 31.6 Å². The highest BCUT2D eigenvalue weighted by atomic mass is 35.5. The monoisotopic (exact) mass is 461 g/mol. The third-order valence-corrected chi connectivity index (χ3v) is 5.81. The maximum atomic E-state index is 13.4. The van der Waals surface area contributed by atoms with Crippen LogP contribution in [0.5, 0.6) is 0 Å². The number of aryl methyl sites for hydroxylation is 1. The molecule has 4 rings (SSSR count). The molecule has 0 radical (unpaired) electrons. The van der Waals surface area contributed by atoms with Crippen LogP contribution >= 0.6 is 11.6 Å². The number of nitrogens with one attached hydrogen (secondary N) is 1. The number of halogens is 2. The Morgan fingerprint density at radius 3 is 2.78 bits per heavy atom. The molecule has 1 atom stereocenters. The van der Waals surface area contributed by atoms with Crippen LogP contribution < -0.4 is 15.1 Å². The van der Waals surface area contributed by atoms with Gasteiger partial charge < -0.3 is 25.0 Å². The van der Waals surface area contributed by atoms with Gasteiger partial charge in [-0.25, -0.2) is 9.18 Å². The minimum Gasteiger partial charge on any atom is -0.407 e. The molecule has 2 aromatic rings. The van der Waals surface area contributed by atoms with Crippen LogP contribution in [0.4, 0.5) is 20.6 Å². The van der Waals surface area contributed by atoms with Crippen LogP contribution in [0, 0.1) is 5.82 Å². The summed E-state index contributed by atoms with van der Waals surface area (Å²) in [4.78, 5) is 39.8. The summed E-state index contributed by atoms with van der Waals surface area (Å²) in [6, 6.07) is 9.05. The van der Waals surface area contributed by atoms with Gasteiger partial charge in [0.25, 0.3) is 11.7 Å². The van der Waals surface area contributed by atoms with E-state index in [-0.39, 0.29) is 30.4 Å². The molecule has 0 aliphatic carbocycles. The first kappa shape index (κ1) is 22.0. The van der Waals surface area contributed by atoms with Crippen molar-refractivity contribution in [3.05, 3.63) is 58.4 Å². The molecule has 2 aliphatic rings. The molecule has 0 aromatic heterocycles. The fraction of sp³-hybridized carbons (Fsp3) is 0.318. The maximum absolute atomic E-state index is 13.4. The molecule has 2 N–H and O–H groups in total. The predicted molar refractivity (Wildman–Crippen MR) is 115 cm³/mol. The lowest BCUT2D eigenvalue weighted by atomic mass is 10.0. The molecule has 2 heterocycles. The lowest BCUT2D eigenvalue weighted by Crippen LogP contribution is -2.46.